The highest BCUT2D eigenvalue weighted by Gasteiger charge is 2.05. The van der Waals surface area contributed by atoms with E-state index in [1.165, 1.54) is 5.56 Å². The highest BCUT2D eigenvalue weighted by atomic mass is 35.5. The molecule has 3 nitrogen and oxygen atoms in total. The number of rotatable bonds is 4. The molecule has 0 fully saturated rings. The number of aromatic nitrogens is 2. The Morgan fingerprint density at radius 1 is 1.50 bits per heavy atom. The van der Waals surface area contributed by atoms with Crippen molar-refractivity contribution in [1.82, 2.24) is 15.3 Å². The zero-order valence-corrected chi connectivity index (χ0v) is 9.83. The maximum Gasteiger partial charge on any atom is 0.0922 e. The molecule has 4 heteroatoms. The third-order valence-corrected chi connectivity index (χ3v) is 2.74. The SMILES string of the molecule is C[C@H](NCc1cnc[nH]1)c1cccc(Cl)c1. The molecule has 0 amide bonds. The van der Waals surface area contributed by atoms with Crippen molar-refractivity contribution in [2.45, 2.75) is 19.5 Å². The van der Waals surface area contributed by atoms with E-state index in [9.17, 15) is 0 Å². The second kappa shape index (κ2) is 5.14. The highest BCUT2D eigenvalue weighted by molar-refractivity contribution is 6.30. The van der Waals surface area contributed by atoms with E-state index >= 15 is 0 Å². The van der Waals surface area contributed by atoms with Crippen LogP contribution in [0, 0.1) is 0 Å². The smallest absolute Gasteiger partial charge is 0.0922 e. The lowest BCUT2D eigenvalue weighted by Crippen LogP contribution is -2.18. The number of nitrogens with zero attached hydrogens (tertiary/aromatic N) is 1. The molecule has 16 heavy (non-hydrogen) atoms. The van der Waals surface area contributed by atoms with Crippen molar-refractivity contribution in [3.8, 4) is 0 Å². The Balaban J connectivity index is 1.95. The van der Waals surface area contributed by atoms with Crippen molar-refractivity contribution in [2.75, 3.05) is 0 Å². The normalized spacial score (nSPS) is 12.6. The topological polar surface area (TPSA) is 40.7 Å². The monoisotopic (exact) mass is 235 g/mol. The summed E-state index contributed by atoms with van der Waals surface area (Å²) in [7, 11) is 0. The number of hydrogen-bond donors (Lipinski definition) is 2. The number of aromatic amines is 1. The molecule has 2 rings (SSSR count). The molecule has 0 saturated heterocycles. The van der Waals surface area contributed by atoms with Crippen molar-refractivity contribution < 1.29 is 0 Å². The van der Waals surface area contributed by atoms with Crippen LogP contribution in [0.3, 0.4) is 0 Å². The van der Waals surface area contributed by atoms with E-state index in [4.69, 9.17) is 11.6 Å². The van der Waals surface area contributed by atoms with E-state index in [1.807, 2.05) is 24.4 Å². The molecule has 84 valence electrons. The molecule has 1 atom stereocenters. The Morgan fingerprint density at radius 3 is 3.06 bits per heavy atom. The first-order valence-electron chi connectivity index (χ1n) is 5.22. The van der Waals surface area contributed by atoms with Gasteiger partial charge in [-0.3, -0.25) is 0 Å². The Hall–Kier alpha value is -1.32. The molecule has 0 aliphatic carbocycles. The molecule has 0 aliphatic heterocycles. The summed E-state index contributed by atoms with van der Waals surface area (Å²) in [6, 6.07) is 8.16. The van der Waals surface area contributed by atoms with Gasteiger partial charge < -0.3 is 10.3 Å². The molecular formula is C12H14ClN3. The number of H-pyrrole nitrogens is 1. The van der Waals surface area contributed by atoms with Crippen LogP contribution in [0.1, 0.15) is 24.2 Å². The predicted molar refractivity (Wildman–Crippen MR) is 65.3 cm³/mol. The van der Waals surface area contributed by atoms with E-state index in [0.717, 1.165) is 17.3 Å². The van der Waals surface area contributed by atoms with Gasteiger partial charge in [0.2, 0.25) is 0 Å². The van der Waals surface area contributed by atoms with Gasteiger partial charge >= 0.3 is 0 Å². The van der Waals surface area contributed by atoms with Gasteiger partial charge in [-0.1, -0.05) is 23.7 Å². The van der Waals surface area contributed by atoms with Crippen LogP contribution >= 0.6 is 11.6 Å². The van der Waals surface area contributed by atoms with Crippen molar-refractivity contribution in [3.63, 3.8) is 0 Å². The average molecular weight is 236 g/mol. The summed E-state index contributed by atoms with van der Waals surface area (Å²) in [5.74, 6) is 0. The van der Waals surface area contributed by atoms with Gasteiger partial charge in [-0.2, -0.15) is 0 Å². The van der Waals surface area contributed by atoms with Gasteiger partial charge in [0.1, 0.15) is 0 Å². The molecule has 0 bridgehead atoms. The molecule has 1 heterocycles. The van der Waals surface area contributed by atoms with Gasteiger partial charge in [0.05, 0.1) is 6.33 Å². The lowest BCUT2D eigenvalue weighted by atomic mass is 10.1. The quantitative estimate of drug-likeness (QED) is 0.856. The van der Waals surface area contributed by atoms with Crippen LogP contribution in [-0.4, -0.2) is 9.97 Å². The van der Waals surface area contributed by atoms with Gasteiger partial charge in [0, 0.05) is 29.5 Å². The number of hydrogen-bond acceptors (Lipinski definition) is 2. The second-order valence-corrected chi connectivity index (χ2v) is 4.17. The Kier molecular flexibility index (Phi) is 3.59. The minimum absolute atomic E-state index is 0.266. The van der Waals surface area contributed by atoms with Crippen molar-refractivity contribution in [1.29, 1.82) is 0 Å². The van der Waals surface area contributed by atoms with Crippen LogP contribution in [0.5, 0.6) is 0 Å². The van der Waals surface area contributed by atoms with Crippen LogP contribution < -0.4 is 5.32 Å². The minimum Gasteiger partial charge on any atom is -0.347 e. The zero-order chi connectivity index (χ0) is 11.4. The van der Waals surface area contributed by atoms with E-state index in [0.29, 0.717) is 0 Å². The molecule has 0 spiro atoms. The maximum atomic E-state index is 5.94. The summed E-state index contributed by atoms with van der Waals surface area (Å²) in [5, 5.41) is 4.17. The molecular weight excluding hydrogens is 222 g/mol. The van der Waals surface area contributed by atoms with Crippen LogP contribution in [0.4, 0.5) is 0 Å². The number of nitrogens with one attached hydrogen (secondary N) is 2. The summed E-state index contributed by atoms with van der Waals surface area (Å²) in [4.78, 5) is 7.03. The van der Waals surface area contributed by atoms with E-state index in [-0.39, 0.29) is 6.04 Å². The fraction of sp³-hybridized carbons (Fsp3) is 0.250. The Morgan fingerprint density at radius 2 is 2.38 bits per heavy atom. The lowest BCUT2D eigenvalue weighted by molar-refractivity contribution is 0.569. The van der Waals surface area contributed by atoms with Gasteiger partial charge in [-0.15, -0.1) is 0 Å². The largest absolute Gasteiger partial charge is 0.347 e. The summed E-state index contributed by atoms with van der Waals surface area (Å²) >= 11 is 5.94. The van der Waals surface area contributed by atoms with E-state index in [1.54, 1.807) is 6.33 Å². The van der Waals surface area contributed by atoms with Gasteiger partial charge in [0.15, 0.2) is 0 Å². The summed E-state index contributed by atoms with van der Waals surface area (Å²) in [6.45, 7) is 2.88. The van der Waals surface area contributed by atoms with E-state index < -0.39 is 0 Å². The second-order valence-electron chi connectivity index (χ2n) is 3.73. The predicted octanol–water partition coefficient (Wildman–Crippen LogP) is 2.91. The first-order valence-corrected chi connectivity index (χ1v) is 5.59. The zero-order valence-electron chi connectivity index (χ0n) is 9.07. The van der Waals surface area contributed by atoms with Crippen molar-refractivity contribution in [3.05, 3.63) is 53.1 Å². The Bertz CT molecular complexity index is 439. The summed E-state index contributed by atoms with van der Waals surface area (Å²) in [6.07, 6.45) is 3.50. The molecule has 0 saturated carbocycles. The number of benzene rings is 1. The third kappa shape index (κ3) is 2.84. The molecule has 0 aliphatic rings. The third-order valence-electron chi connectivity index (χ3n) is 2.50. The number of halogens is 1. The molecule has 1 aromatic heterocycles. The Labute approximate surface area is 99.9 Å². The minimum atomic E-state index is 0.266. The van der Waals surface area contributed by atoms with Crippen LogP contribution in [0.2, 0.25) is 5.02 Å². The van der Waals surface area contributed by atoms with E-state index in [2.05, 4.69) is 28.3 Å². The van der Waals surface area contributed by atoms with Crippen molar-refractivity contribution >= 4 is 11.6 Å². The fourth-order valence-corrected chi connectivity index (χ4v) is 1.74. The summed E-state index contributed by atoms with van der Waals surface area (Å²) in [5.41, 5.74) is 2.26. The van der Waals surface area contributed by atoms with Crippen LogP contribution in [0.25, 0.3) is 0 Å². The fourth-order valence-electron chi connectivity index (χ4n) is 1.54. The van der Waals surface area contributed by atoms with Gasteiger partial charge in [0.25, 0.3) is 0 Å². The molecule has 1 aromatic carbocycles. The maximum absolute atomic E-state index is 5.94. The number of imidazole rings is 1. The van der Waals surface area contributed by atoms with Crippen LogP contribution in [-0.2, 0) is 6.54 Å². The first-order chi connectivity index (χ1) is 7.75. The standard InChI is InChI=1S/C12H14ClN3/c1-9(10-3-2-4-11(13)5-10)15-7-12-6-14-8-16-12/h2-6,8-9,15H,7H2,1H3,(H,14,16)/t9-/m0/s1. The van der Waals surface area contributed by atoms with Crippen LogP contribution in [0.15, 0.2) is 36.8 Å². The lowest BCUT2D eigenvalue weighted by Gasteiger charge is -2.13. The highest BCUT2D eigenvalue weighted by Crippen LogP contribution is 2.17. The molecule has 2 N–H and O–H groups in total. The molecule has 0 unspecified atom stereocenters. The average Bonchev–Trinajstić information content (AvgIpc) is 2.78. The first kappa shape index (κ1) is 11.2. The van der Waals surface area contributed by atoms with Gasteiger partial charge in [-0.25, -0.2) is 4.98 Å². The van der Waals surface area contributed by atoms with Crippen molar-refractivity contribution in [2.24, 2.45) is 0 Å². The van der Waals surface area contributed by atoms with Gasteiger partial charge in [-0.05, 0) is 24.6 Å². The summed E-state index contributed by atoms with van der Waals surface area (Å²) < 4.78 is 0. The molecule has 2 aromatic rings. The molecule has 0 radical (unpaired) electrons.